The SMILES string of the molecule is COC(=O)c1nc(-c2ccc(Cl)c(CF)c2F)cc(N)c1Cl. The van der Waals surface area contributed by atoms with E-state index in [0.717, 1.165) is 7.11 Å². The molecule has 8 heteroatoms. The zero-order valence-corrected chi connectivity index (χ0v) is 12.8. The van der Waals surface area contributed by atoms with E-state index in [2.05, 4.69) is 9.72 Å². The average Bonchev–Trinajstić information content (AvgIpc) is 2.50. The number of pyridine rings is 1. The number of ether oxygens (including phenoxy) is 1. The number of alkyl halides is 1. The van der Waals surface area contributed by atoms with E-state index in [1.54, 1.807) is 0 Å². The Morgan fingerprint density at radius 3 is 2.68 bits per heavy atom. The topological polar surface area (TPSA) is 65.2 Å². The molecule has 0 aliphatic heterocycles. The van der Waals surface area contributed by atoms with Crippen molar-refractivity contribution in [1.29, 1.82) is 0 Å². The van der Waals surface area contributed by atoms with Gasteiger partial charge in [-0.05, 0) is 18.2 Å². The van der Waals surface area contributed by atoms with Gasteiger partial charge in [0.05, 0.1) is 23.5 Å². The molecule has 1 heterocycles. The van der Waals surface area contributed by atoms with Crippen LogP contribution < -0.4 is 5.73 Å². The first-order chi connectivity index (χ1) is 10.4. The van der Waals surface area contributed by atoms with Crippen LogP contribution in [0, 0.1) is 5.82 Å². The molecule has 0 aliphatic rings. The smallest absolute Gasteiger partial charge is 0.358 e. The van der Waals surface area contributed by atoms with E-state index < -0.39 is 18.5 Å². The lowest BCUT2D eigenvalue weighted by Gasteiger charge is -2.11. The number of nitrogen functional groups attached to an aromatic ring is 1. The lowest BCUT2D eigenvalue weighted by Crippen LogP contribution is -2.08. The van der Waals surface area contributed by atoms with E-state index in [1.807, 2.05) is 0 Å². The summed E-state index contributed by atoms with van der Waals surface area (Å²) in [6.07, 6.45) is 0. The number of esters is 1. The molecule has 0 spiro atoms. The van der Waals surface area contributed by atoms with Crippen molar-refractivity contribution in [3.63, 3.8) is 0 Å². The first-order valence-corrected chi connectivity index (χ1v) is 6.73. The summed E-state index contributed by atoms with van der Waals surface area (Å²) in [6, 6.07) is 3.93. The number of anilines is 1. The third kappa shape index (κ3) is 2.84. The molecule has 1 aromatic heterocycles. The van der Waals surface area contributed by atoms with Gasteiger partial charge in [0.2, 0.25) is 0 Å². The first-order valence-electron chi connectivity index (χ1n) is 5.98. The summed E-state index contributed by atoms with van der Waals surface area (Å²) >= 11 is 11.6. The summed E-state index contributed by atoms with van der Waals surface area (Å²) in [4.78, 5) is 15.6. The van der Waals surface area contributed by atoms with Crippen LogP contribution in [-0.2, 0) is 11.4 Å². The molecule has 0 radical (unpaired) electrons. The lowest BCUT2D eigenvalue weighted by atomic mass is 10.1. The maximum atomic E-state index is 14.3. The molecule has 0 saturated carbocycles. The molecule has 4 nitrogen and oxygen atoms in total. The van der Waals surface area contributed by atoms with Gasteiger partial charge in [0, 0.05) is 16.1 Å². The van der Waals surface area contributed by atoms with E-state index in [0.29, 0.717) is 0 Å². The van der Waals surface area contributed by atoms with Crippen LogP contribution in [0.15, 0.2) is 18.2 Å². The molecular formula is C14H10Cl2F2N2O2. The van der Waals surface area contributed by atoms with Crippen LogP contribution in [0.3, 0.4) is 0 Å². The fourth-order valence-corrected chi connectivity index (χ4v) is 2.21. The second-order valence-electron chi connectivity index (χ2n) is 4.27. The van der Waals surface area contributed by atoms with Crippen molar-refractivity contribution < 1.29 is 18.3 Å². The molecule has 0 fully saturated rings. The molecule has 0 unspecified atom stereocenters. The Balaban J connectivity index is 2.69. The Labute approximate surface area is 134 Å². The predicted octanol–water partition coefficient (Wildman–Crippen LogP) is 4.03. The van der Waals surface area contributed by atoms with Crippen molar-refractivity contribution in [1.82, 2.24) is 4.98 Å². The van der Waals surface area contributed by atoms with E-state index in [1.165, 1.54) is 18.2 Å². The van der Waals surface area contributed by atoms with Gasteiger partial charge in [-0.3, -0.25) is 0 Å². The quantitative estimate of drug-likeness (QED) is 0.852. The highest BCUT2D eigenvalue weighted by atomic mass is 35.5. The maximum absolute atomic E-state index is 14.3. The molecular weight excluding hydrogens is 337 g/mol. The average molecular weight is 347 g/mol. The van der Waals surface area contributed by atoms with Crippen molar-refractivity contribution in [3.8, 4) is 11.3 Å². The van der Waals surface area contributed by atoms with Crippen molar-refractivity contribution in [2.45, 2.75) is 6.67 Å². The Morgan fingerprint density at radius 2 is 2.09 bits per heavy atom. The largest absolute Gasteiger partial charge is 0.464 e. The third-order valence-corrected chi connectivity index (χ3v) is 3.71. The fourth-order valence-electron chi connectivity index (χ4n) is 1.84. The molecule has 2 N–H and O–H groups in total. The van der Waals surface area contributed by atoms with E-state index in [-0.39, 0.29) is 38.2 Å². The van der Waals surface area contributed by atoms with Gasteiger partial charge in [0.25, 0.3) is 0 Å². The van der Waals surface area contributed by atoms with Gasteiger partial charge < -0.3 is 10.5 Å². The predicted molar refractivity (Wildman–Crippen MR) is 80.2 cm³/mol. The molecule has 0 aliphatic carbocycles. The second kappa shape index (κ2) is 6.46. The number of benzene rings is 1. The van der Waals surface area contributed by atoms with Crippen molar-refractivity contribution >= 4 is 34.9 Å². The summed E-state index contributed by atoms with van der Waals surface area (Å²) < 4.78 is 31.7. The minimum Gasteiger partial charge on any atom is -0.464 e. The van der Waals surface area contributed by atoms with Crippen molar-refractivity contribution in [2.24, 2.45) is 0 Å². The van der Waals surface area contributed by atoms with Gasteiger partial charge in [-0.1, -0.05) is 23.2 Å². The number of aromatic nitrogens is 1. The summed E-state index contributed by atoms with van der Waals surface area (Å²) in [5, 5.41) is -0.144. The third-order valence-electron chi connectivity index (χ3n) is 2.96. The van der Waals surface area contributed by atoms with Crippen molar-refractivity contribution in [3.05, 3.63) is 45.3 Å². The molecule has 1 aromatic carbocycles. The van der Waals surface area contributed by atoms with Gasteiger partial charge in [0.1, 0.15) is 12.5 Å². The van der Waals surface area contributed by atoms with Crippen LogP contribution in [-0.4, -0.2) is 18.1 Å². The minimum absolute atomic E-state index is 0.0169. The number of halogens is 4. The van der Waals surface area contributed by atoms with Crippen LogP contribution in [0.25, 0.3) is 11.3 Å². The molecule has 2 rings (SSSR count). The first kappa shape index (κ1) is 16.5. The maximum Gasteiger partial charge on any atom is 0.358 e. The Morgan fingerprint density at radius 1 is 1.41 bits per heavy atom. The van der Waals surface area contributed by atoms with E-state index in [4.69, 9.17) is 28.9 Å². The highest BCUT2D eigenvalue weighted by molar-refractivity contribution is 6.35. The Kier molecular flexibility index (Phi) is 4.83. The summed E-state index contributed by atoms with van der Waals surface area (Å²) in [5.41, 5.74) is 5.13. The number of hydrogen-bond acceptors (Lipinski definition) is 4. The molecule has 0 saturated heterocycles. The number of nitrogens with two attached hydrogens (primary N) is 1. The van der Waals surface area contributed by atoms with Crippen LogP contribution in [0.4, 0.5) is 14.5 Å². The molecule has 116 valence electrons. The van der Waals surface area contributed by atoms with Gasteiger partial charge in [0.15, 0.2) is 5.69 Å². The molecule has 22 heavy (non-hydrogen) atoms. The molecule has 2 aromatic rings. The Hall–Kier alpha value is -1.92. The van der Waals surface area contributed by atoms with Crippen LogP contribution in [0.5, 0.6) is 0 Å². The minimum atomic E-state index is -1.08. The van der Waals surface area contributed by atoms with E-state index >= 15 is 0 Å². The van der Waals surface area contributed by atoms with Gasteiger partial charge in [-0.25, -0.2) is 18.6 Å². The number of nitrogens with zero attached hydrogens (tertiary/aromatic N) is 1. The molecule has 0 bridgehead atoms. The second-order valence-corrected chi connectivity index (χ2v) is 5.06. The number of methoxy groups -OCH3 is 1. The number of carbonyl (C=O) groups is 1. The molecule has 0 amide bonds. The zero-order chi connectivity index (χ0) is 16.4. The standard InChI is InChI=1S/C14H10Cl2F2N2O2/c1-22-14(21)13-11(16)9(19)4-10(20-13)6-2-3-8(15)7(5-17)12(6)18/h2-4H,5H2,1H3,(H2,19,20). The van der Waals surface area contributed by atoms with Gasteiger partial charge >= 0.3 is 5.97 Å². The monoisotopic (exact) mass is 346 g/mol. The summed E-state index contributed by atoms with van der Waals surface area (Å²) in [6.45, 7) is -1.08. The van der Waals surface area contributed by atoms with Crippen LogP contribution in [0.2, 0.25) is 10.0 Å². The number of rotatable bonds is 3. The van der Waals surface area contributed by atoms with Gasteiger partial charge in [-0.2, -0.15) is 0 Å². The van der Waals surface area contributed by atoms with E-state index in [9.17, 15) is 13.6 Å². The summed E-state index contributed by atoms with van der Waals surface area (Å²) in [7, 11) is 1.15. The zero-order valence-electron chi connectivity index (χ0n) is 11.3. The highest BCUT2D eigenvalue weighted by Crippen LogP contribution is 2.33. The van der Waals surface area contributed by atoms with Gasteiger partial charge in [-0.15, -0.1) is 0 Å². The van der Waals surface area contributed by atoms with Crippen molar-refractivity contribution in [2.75, 3.05) is 12.8 Å². The summed E-state index contributed by atoms with van der Waals surface area (Å²) in [5.74, 6) is -1.70. The van der Waals surface area contributed by atoms with Crippen LogP contribution >= 0.6 is 23.2 Å². The fraction of sp³-hybridized carbons (Fsp3) is 0.143. The Bertz CT molecular complexity index is 754. The number of carbonyl (C=O) groups excluding carboxylic acids is 1. The normalized spacial score (nSPS) is 10.6. The lowest BCUT2D eigenvalue weighted by molar-refractivity contribution is 0.0594. The van der Waals surface area contributed by atoms with Crippen LogP contribution in [0.1, 0.15) is 16.1 Å². The number of hydrogen-bond donors (Lipinski definition) is 1. The highest BCUT2D eigenvalue weighted by Gasteiger charge is 2.20. The molecule has 0 atom stereocenters.